The molecule has 5 nitrogen and oxygen atoms in total. The molecule has 0 spiro atoms. The molecule has 0 heterocycles. The van der Waals surface area contributed by atoms with E-state index < -0.39 is 5.97 Å². The summed E-state index contributed by atoms with van der Waals surface area (Å²) in [6.07, 6.45) is 5.60. The monoisotopic (exact) mass is 240 g/mol. The Morgan fingerprint density at radius 1 is 1.53 bits per heavy atom. The fourth-order valence-electron chi connectivity index (χ4n) is 1.80. The summed E-state index contributed by atoms with van der Waals surface area (Å²) in [4.78, 5) is 22.2. The number of amides is 1. The van der Waals surface area contributed by atoms with Crippen LogP contribution in [0.5, 0.6) is 0 Å². The molecule has 1 aliphatic rings. The Morgan fingerprint density at radius 3 is 2.76 bits per heavy atom. The molecular formula is C12H20N2O3. The van der Waals surface area contributed by atoms with Gasteiger partial charge >= 0.3 is 5.97 Å². The van der Waals surface area contributed by atoms with Crippen molar-refractivity contribution in [2.45, 2.75) is 32.2 Å². The third kappa shape index (κ3) is 4.56. The highest BCUT2D eigenvalue weighted by atomic mass is 16.4. The minimum Gasteiger partial charge on any atom is -0.481 e. The van der Waals surface area contributed by atoms with Gasteiger partial charge in [0.2, 0.25) is 5.91 Å². The Kier molecular flexibility index (Phi) is 5.15. The molecular weight excluding hydrogens is 220 g/mol. The number of carboxylic acid groups (broad SMARTS) is 1. The first kappa shape index (κ1) is 13.7. The summed E-state index contributed by atoms with van der Waals surface area (Å²) in [5.41, 5.74) is 5.66. The minimum absolute atomic E-state index is 0.0159. The highest BCUT2D eigenvalue weighted by Gasteiger charge is 2.22. The van der Waals surface area contributed by atoms with Crippen LogP contribution in [0, 0.1) is 11.8 Å². The largest absolute Gasteiger partial charge is 0.481 e. The van der Waals surface area contributed by atoms with Crippen molar-refractivity contribution in [1.29, 1.82) is 0 Å². The van der Waals surface area contributed by atoms with Crippen molar-refractivity contribution >= 4 is 11.9 Å². The number of rotatable bonds is 6. The van der Waals surface area contributed by atoms with Crippen LogP contribution >= 0.6 is 0 Å². The van der Waals surface area contributed by atoms with E-state index in [2.05, 4.69) is 5.32 Å². The van der Waals surface area contributed by atoms with Gasteiger partial charge in [0.15, 0.2) is 0 Å². The van der Waals surface area contributed by atoms with Gasteiger partial charge in [-0.2, -0.15) is 0 Å². The Bertz CT molecular complexity index is 315. The van der Waals surface area contributed by atoms with Gasteiger partial charge in [-0.1, -0.05) is 19.1 Å². The molecule has 0 bridgehead atoms. The second-order valence-corrected chi connectivity index (χ2v) is 4.56. The quantitative estimate of drug-likeness (QED) is 0.466. The van der Waals surface area contributed by atoms with Gasteiger partial charge in [-0.3, -0.25) is 9.59 Å². The Hall–Kier alpha value is -1.36. The molecule has 0 aliphatic heterocycles. The predicted molar refractivity (Wildman–Crippen MR) is 64.3 cm³/mol. The standard InChI is InChI=1S/C12H20N2O3/c1-8(12(16)17)3-2-6-14-11(15)9-4-5-10(13)7-9/h4-5,8-10H,2-3,6-7,13H2,1H3,(H,14,15)(H,16,17). The smallest absolute Gasteiger partial charge is 0.306 e. The Balaban J connectivity index is 2.13. The summed E-state index contributed by atoms with van der Waals surface area (Å²) in [5.74, 6) is -1.29. The van der Waals surface area contributed by atoms with Gasteiger partial charge in [-0.05, 0) is 19.3 Å². The van der Waals surface area contributed by atoms with Crippen LogP contribution in [-0.2, 0) is 9.59 Å². The zero-order valence-corrected chi connectivity index (χ0v) is 10.1. The zero-order chi connectivity index (χ0) is 12.8. The fraction of sp³-hybridized carbons (Fsp3) is 0.667. The minimum atomic E-state index is -0.791. The molecule has 0 saturated carbocycles. The zero-order valence-electron chi connectivity index (χ0n) is 10.1. The average Bonchev–Trinajstić information content (AvgIpc) is 2.70. The van der Waals surface area contributed by atoms with E-state index in [-0.39, 0.29) is 23.8 Å². The molecule has 17 heavy (non-hydrogen) atoms. The lowest BCUT2D eigenvalue weighted by Crippen LogP contribution is -2.31. The Morgan fingerprint density at radius 2 is 2.24 bits per heavy atom. The van der Waals surface area contributed by atoms with Crippen LogP contribution in [0.3, 0.4) is 0 Å². The number of carbonyl (C=O) groups excluding carboxylic acids is 1. The van der Waals surface area contributed by atoms with Crippen molar-refractivity contribution in [3.05, 3.63) is 12.2 Å². The van der Waals surface area contributed by atoms with Crippen LogP contribution in [0.25, 0.3) is 0 Å². The van der Waals surface area contributed by atoms with E-state index in [0.717, 1.165) is 0 Å². The van der Waals surface area contributed by atoms with Crippen molar-refractivity contribution in [3.63, 3.8) is 0 Å². The third-order valence-corrected chi connectivity index (χ3v) is 2.99. The highest BCUT2D eigenvalue weighted by Crippen LogP contribution is 2.16. The maximum Gasteiger partial charge on any atom is 0.306 e. The first-order valence-electron chi connectivity index (χ1n) is 5.95. The van der Waals surface area contributed by atoms with E-state index in [1.165, 1.54) is 0 Å². The predicted octanol–water partition coefficient (Wildman–Crippen LogP) is 0.507. The van der Waals surface area contributed by atoms with Gasteiger partial charge in [0, 0.05) is 12.6 Å². The Labute approximate surface area is 101 Å². The van der Waals surface area contributed by atoms with E-state index in [1.807, 2.05) is 12.2 Å². The molecule has 0 radical (unpaired) electrons. The molecule has 0 aromatic heterocycles. The van der Waals surface area contributed by atoms with Crippen LogP contribution in [0.15, 0.2) is 12.2 Å². The third-order valence-electron chi connectivity index (χ3n) is 2.99. The second kappa shape index (κ2) is 6.39. The van der Waals surface area contributed by atoms with Gasteiger partial charge in [0.05, 0.1) is 11.8 Å². The molecule has 1 rings (SSSR count). The maximum atomic E-state index is 11.6. The van der Waals surface area contributed by atoms with Crippen LogP contribution < -0.4 is 11.1 Å². The molecule has 96 valence electrons. The van der Waals surface area contributed by atoms with Gasteiger partial charge in [0.25, 0.3) is 0 Å². The SMILES string of the molecule is CC(CCCNC(=O)C1C=CC(N)C1)C(=O)O. The molecule has 4 N–H and O–H groups in total. The summed E-state index contributed by atoms with van der Waals surface area (Å²) >= 11 is 0. The molecule has 1 aliphatic carbocycles. The molecule has 3 atom stereocenters. The van der Waals surface area contributed by atoms with Crippen LogP contribution in [-0.4, -0.2) is 29.6 Å². The van der Waals surface area contributed by atoms with E-state index in [9.17, 15) is 9.59 Å². The van der Waals surface area contributed by atoms with Crippen LogP contribution in [0.4, 0.5) is 0 Å². The summed E-state index contributed by atoms with van der Waals surface area (Å²) in [6.45, 7) is 2.19. The van der Waals surface area contributed by atoms with Crippen LogP contribution in [0.2, 0.25) is 0 Å². The number of carbonyl (C=O) groups is 2. The molecule has 0 fully saturated rings. The number of hydrogen-bond acceptors (Lipinski definition) is 3. The summed E-state index contributed by atoms with van der Waals surface area (Å²) < 4.78 is 0. The number of aliphatic carboxylic acids is 1. The summed E-state index contributed by atoms with van der Waals surface area (Å²) in [5, 5.41) is 11.5. The van der Waals surface area contributed by atoms with Crippen molar-refractivity contribution in [2.75, 3.05) is 6.54 Å². The van der Waals surface area contributed by atoms with Gasteiger partial charge in [-0.25, -0.2) is 0 Å². The average molecular weight is 240 g/mol. The fourth-order valence-corrected chi connectivity index (χ4v) is 1.80. The van der Waals surface area contributed by atoms with Gasteiger partial charge < -0.3 is 16.2 Å². The lowest BCUT2D eigenvalue weighted by Gasteiger charge is -2.11. The summed E-state index contributed by atoms with van der Waals surface area (Å²) in [6, 6.07) is -0.0159. The maximum absolute atomic E-state index is 11.6. The molecule has 3 unspecified atom stereocenters. The van der Waals surface area contributed by atoms with Crippen LogP contribution in [0.1, 0.15) is 26.2 Å². The first-order chi connectivity index (χ1) is 8.00. The number of carboxylic acids is 1. The second-order valence-electron chi connectivity index (χ2n) is 4.56. The normalized spacial score (nSPS) is 24.6. The molecule has 0 saturated heterocycles. The topological polar surface area (TPSA) is 92.4 Å². The lowest BCUT2D eigenvalue weighted by atomic mass is 10.1. The number of nitrogens with one attached hydrogen (secondary N) is 1. The molecule has 1 amide bonds. The number of hydrogen-bond donors (Lipinski definition) is 3. The van der Waals surface area contributed by atoms with Gasteiger partial charge in [0.1, 0.15) is 0 Å². The molecule has 5 heteroatoms. The molecule has 0 aromatic rings. The van der Waals surface area contributed by atoms with E-state index >= 15 is 0 Å². The van der Waals surface area contributed by atoms with E-state index in [1.54, 1.807) is 6.92 Å². The molecule has 0 aromatic carbocycles. The summed E-state index contributed by atoms with van der Waals surface area (Å²) in [7, 11) is 0. The number of nitrogens with two attached hydrogens (primary N) is 1. The van der Waals surface area contributed by atoms with Crippen molar-refractivity contribution in [1.82, 2.24) is 5.32 Å². The van der Waals surface area contributed by atoms with E-state index in [0.29, 0.717) is 25.8 Å². The highest BCUT2D eigenvalue weighted by molar-refractivity contribution is 5.81. The van der Waals surface area contributed by atoms with Gasteiger partial charge in [-0.15, -0.1) is 0 Å². The van der Waals surface area contributed by atoms with Crippen molar-refractivity contribution in [2.24, 2.45) is 17.6 Å². The van der Waals surface area contributed by atoms with Crippen molar-refractivity contribution in [3.8, 4) is 0 Å². The first-order valence-corrected chi connectivity index (χ1v) is 5.95. The van der Waals surface area contributed by atoms with E-state index in [4.69, 9.17) is 10.8 Å². The van der Waals surface area contributed by atoms with Crippen molar-refractivity contribution < 1.29 is 14.7 Å². The lowest BCUT2D eigenvalue weighted by molar-refractivity contribution is -0.141.